The maximum atomic E-state index is 5.94. The van der Waals surface area contributed by atoms with E-state index in [4.69, 9.17) is 5.73 Å². The molecule has 0 amide bonds. The number of hydrogen-bond acceptors (Lipinski definition) is 1. The number of rotatable bonds is 3. The lowest BCUT2D eigenvalue weighted by Gasteiger charge is -2.39. The van der Waals surface area contributed by atoms with Gasteiger partial charge in [-0.25, -0.2) is 0 Å². The Bertz CT molecular complexity index is 164. The van der Waals surface area contributed by atoms with Gasteiger partial charge >= 0.3 is 0 Å². The molecular weight excluding hydrogens is 170 g/mol. The lowest BCUT2D eigenvalue weighted by molar-refractivity contribution is 0.122. The predicted octanol–water partition coefficient (Wildman–Crippen LogP) is 3.58. The van der Waals surface area contributed by atoms with Gasteiger partial charge in [-0.3, -0.25) is 0 Å². The van der Waals surface area contributed by atoms with Gasteiger partial charge < -0.3 is 5.73 Å². The summed E-state index contributed by atoms with van der Waals surface area (Å²) in [5.41, 5.74) is 6.46. The highest BCUT2D eigenvalue weighted by molar-refractivity contribution is 4.84. The zero-order valence-corrected chi connectivity index (χ0v) is 10.3. The van der Waals surface area contributed by atoms with E-state index in [1.807, 2.05) is 0 Å². The monoisotopic (exact) mass is 197 g/mol. The molecule has 1 fully saturated rings. The molecule has 1 nitrogen and oxygen atoms in total. The van der Waals surface area contributed by atoms with Gasteiger partial charge in [-0.15, -0.1) is 0 Å². The smallest absolute Gasteiger partial charge is 0.00390 e. The Morgan fingerprint density at radius 1 is 1.14 bits per heavy atom. The van der Waals surface area contributed by atoms with Crippen LogP contribution in [0.1, 0.15) is 59.8 Å². The summed E-state index contributed by atoms with van der Waals surface area (Å²) in [4.78, 5) is 0. The zero-order chi connectivity index (χ0) is 10.8. The van der Waals surface area contributed by atoms with Crippen molar-refractivity contribution in [3.05, 3.63) is 0 Å². The summed E-state index contributed by atoms with van der Waals surface area (Å²) in [6, 6.07) is 0.487. The molecule has 1 saturated carbocycles. The van der Waals surface area contributed by atoms with Crippen LogP contribution in [0.5, 0.6) is 0 Å². The molecular formula is C13H27N. The van der Waals surface area contributed by atoms with E-state index in [1.54, 1.807) is 0 Å². The van der Waals surface area contributed by atoms with Crippen molar-refractivity contribution in [1.29, 1.82) is 0 Å². The first-order valence-electron chi connectivity index (χ1n) is 6.17. The minimum atomic E-state index is 0.487. The van der Waals surface area contributed by atoms with Crippen molar-refractivity contribution in [1.82, 2.24) is 0 Å². The summed E-state index contributed by atoms with van der Waals surface area (Å²) >= 11 is 0. The fraction of sp³-hybridized carbons (Fsp3) is 1.00. The molecule has 0 aliphatic heterocycles. The highest BCUT2D eigenvalue weighted by atomic mass is 14.6. The van der Waals surface area contributed by atoms with Crippen LogP contribution in [0.25, 0.3) is 0 Å². The van der Waals surface area contributed by atoms with Crippen molar-refractivity contribution < 1.29 is 0 Å². The van der Waals surface area contributed by atoms with Gasteiger partial charge in [0.05, 0.1) is 0 Å². The van der Waals surface area contributed by atoms with Crippen molar-refractivity contribution in [2.24, 2.45) is 23.0 Å². The maximum absolute atomic E-state index is 5.94. The van der Waals surface area contributed by atoms with Crippen LogP contribution in [-0.2, 0) is 0 Å². The van der Waals surface area contributed by atoms with Gasteiger partial charge in [0.25, 0.3) is 0 Å². The summed E-state index contributed by atoms with van der Waals surface area (Å²) in [7, 11) is 0. The fourth-order valence-electron chi connectivity index (χ4n) is 3.12. The van der Waals surface area contributed by atoms with E-state index in [2.05, 4.69) is 27.7 Å². The van der Waals surface area contributed by atoms with Crippen molar-refractivity contribution in [2.45, 2.75) is 65.8 Å². The van der Waals surface area contributed by atoms with Gasteiger partial charge in [-0.05, 0) is 49.4 Å². The van der Waals surface area contributed by atoms with Crippen LogP contribution < -0.4 is 5.73 Å². The summed E-state index contributed by atoms with van der Waals surface area (Å²) in [5, 5.41) is 0. The molecule has 1 aliphatic rings. The Balaban J connectivity index is 2.46. The topological polar surface area (TPSA) is 26.0 Å². The molecule has 0 spiro atoms. The molecule has 14 heavy (non-hydrogen) atoms. The average molecular weight is 197 g/mol. The molecule has 0 saturated heterocycles. The van der Waals surface area contributed by atoms with Gasteiger partial charge in [0.2, 0.25) is 0 Å². The highest BCUT2D eigenvalue weighted by Gasteiger charge is 2.32. The Morgan fingerprint density at radius 3 is 2.07 bits per heavy atom. The van der Waals surface area contributed by atoms with Crippen molar-refractivity contribution in [3.8, 4) is 0 Å². The van der Waals surface area contributed by atoms with E-state index in [-0.39, 0.29) is 0 Å². The van der Waals surface area contributed by atoms with Crippen LogP contribution in [0.4, 0.5) is 0 Å². The van der Waals surface area contributed by atoms with Crippen LogP contribution in [0.15, 0.2) is 0 Å². The minimum Gasteiger partial charge on any atom is -0.328 e. The molecule has 0 aromatic rings. The maximum Gasteiger partial charge on any atom is 0.00390 e. The van der Waals surface area contributed by atoms with E-state index < -0.39 is 0 Å². The van der Waals surface area contributed by atoms with Crippen LogP contribution >= 0.6 is 0 Å². The molecule has 0 radical (unpaired) electrons. The molecule has 84 valence electrons. The normalized spacial score (nSPS) is 29.6. The Hall–Kier alpha value is -0.0400. The molecule has 1 rings (SSSR count). The first-order chi connectivity index (χ1) is 6.42. The second kappa shape index (κ2) is 4.65. The Morgan fingerprint density at radius 2 is 1.64 bits per heavy atom. The SMILES string of the molecule is CC(C)CC(C)(C)C1CCC(N)CC1. The predicted molar refractivity (Wildman–Crippen MR) is 63.2 cm³/mol. The second-order valence-corrected chi connectivity index (χ2v) is 6.20. The molecule has 2 N–H and O–H groups in total. The number of hydrogen-bond donors (Lipinski definition) is 1. The highest BCUT2D eigenvalue weighted by Crippen LogP contribution is 2.41. The van der Waals surface area contributed by atoms with Gasteiger partial charge in [-0.2, -0.15) is 0 Å². The number of nitrogens with two attached hydrogens (primary N) is 1. The van der Waals surface area contributed by atoms with Crippen molar-refractivity contribution in [2.75, 3.05) is 0 Å². The van der Waals surface area contributed by atoms with Gasteiger partial charge in [0.1, 0.15) is 0 Å². The third-order valence-electron chi connectivity index (χ3n) is 3.81. The first-order valence-corrected chi connectivity index (χ1v) is 6.17. The van der Waals surface area contributed by atoms with E-state index >= 15 is 0 Å². The Labute approximate surface area is 89.5 Å². The lowest BCUT2D eigenvalue weighted by atomic mass is 9.67. The standard InChI is InChI=1S/C13H27N/c1-10(2)9-13(3,4)11-5-7-12(14)8-6-11/h10-12H,5-9,14H2,1-4H3. The minimum absolute atomic E-state index is 0.487. The fourth-order valence-corrected chi connectivity index (χ4v) is 3.12. The van der Waals surface area contributed by atoms with E-state index in [9.17, 15) is 0 Å². The van der Waals surface area contributed by atoms with Crippen molar-refractivity contribution >= 4 is 0 Å². The van der Waals surface area contributed by atoms with Gasteiger partial charge in [0.15, 0.2) is 0 Å². The van der Waals surface area contributed by atoms with Crippen LogP contribution in [0, 0.1) is 17.3 Å². The molecule has 1 heteroatoms. The molecule has 0 atom stereocenters. The van der Waals surface area contributed by atoms with E-state index in [0.29, 0.717) is 11.5 Å². The quantitative estimate of drug-likeness (QED) is 0.735. The molecule has 0 aromatic heterocycles. The third-order valence-corrected chi connectivity index (χ3v) is 3.81. The van der Waals surface area contributed by atoms with E-state index in [0.717, 1.165) is 11.8 Å². The molecule has 1 aliphatic carbocycles. The molecule has 0 heterocycles. The Kier molecular flexibility index (Phi) is 4.00. The summed E-state index contributed by atoms with van der Waals surface area (Å²) < 4.78 is 0. The first kappa shape index (κ1) is 12.0. The lowest BCUT2D eigenvalue weighted by Crippen LogP contribution is -2.34. The van der Waals surface area contributed by atoms with Crippen LogP contribution in [0.2, 0.25) is 0 Å². The molecule has 0 aromatic carbocycles. The van der Waals surface area contributed by atoms with Crippen LogP contribution in [0.3, 0.4) is 0 Å². The van der Waals surface area contributed by atoms with Gasteiger partial charge in [0, 0.05) is 6.04 Å². The zero-order valence-electron chi connectivity index (χ0n) is 10.3. The third kappa shape index (κ3) is 3.27. The van der Waals surface area contributed by atoms with Crippen LogP contribution in [-0.4, -0.2) is 6.04 Å². The average Bonchev–Trinajstić information content (AvgIpc) is 2.02. The van der Waals surface area contributed by atoms with E-state index in [1.165, 1.54) is 32.1 Å². The second-order valence-electron chi connectivity index (χ2n) is 6.20. The molecule has 0 bridgehead atoms. The van der Waals surface area contributed by atoms with Gasteiger partial charge in [-0.1, -0.05) is 27.7 Å². The summed E-state index contributed by atoms with van der Waals surface area (Å²) in [6.07, 6.45) is 6.53. The largest absolute Gasteiger partial charge is 0.328 e. The summed E-state index contributed by atoms with van der Waals surface area (Å²) in [5.74, 6) is 1.73. The summed E-state index contributed by atoms with van der Waals surface area (Å²) in [6.45, 7) is 9.54. The van der Waals surface area contributed by atoms with Crippen molar-refractivity contribution in [3.63, 3.8) is 0 Å². The molecule has 0 unspecified atom stereocenters.